The maximum absolute atomic E-state index is 3.51. The Bertz CT molecular complexity index is 456. The lowest BCUT2D eigenvalue weighted by Gasteiger charge is -2.09. The van der Waals surface area contributed by atoms with E-state index in [2.05, 4.69) is 64.1 Å². The Hall–Kier alpha value is -0.540. The van der Waals surface area contributed by atoms with Crippen LogP contribution in [0.25, 0.3) is 10.6 Å². The van der Waals surface area contributed by atoms with Crippen molar-refractivity contribution in [1.82, 2.24) is 4.57 Å². The summed E-state index contributed by atoms with van der Waals surface area (Å²) in [5.41, 5.74) is 1.33. The predicted molar refractivity (Wildman–Crippen MR) is 74.9 cm³/mol. The average molecular weight is 298 g/mol. The Morgan fingerprint density at radius 2 is 2.25 bits per heavy atom. The van der Waals surface area contributed by atoms with Gasteiger partial charge < -0.3 is 4.57 Å². The molecular weight excluding hydrogens is 282 g/mol. The Kier molecular flexibility index (Phi) is 3.87. The molecule has 0 aromatic carbocycles. The molecule has 2 aromatic rings. The molecule has 0 aliphatic carbocycles. The van der Waals surface area contributed by atoms with Gasteiger partial charge in [0.15, 0.2) is 0 Å². The van der Waals surface area contributed by atoms with Crippen molar-refractivity contribution in [3.05, 3.63) is 34.2 Å². The second-order valence-electron chi connectivity index (χ2n) is 4.40. The van der Waals surface area contributed by atoms with Crippen LogP contribution < -0.4 is 0 Å². The molecule has 0 aliphatic rings. The average Bonchev–Trinajstić information content (AvgIpc) is 2.82. The van der Waals surface area contributed by atoms with E-state index in [1.165, 1.54) is 21.5 Å². The predicted octanol–water partition coefficient (Wildman–Crippen LogP) is 5.03. The van der Waals surface area contributed by atoms with Crippen molar-refractivity contribution in [3.63, 3.8) is 0 Å². The van der Waals surface area contributed by atoms with Crippen molar-refractivity contribution in [2.45, 2.75) is 26.8 Å². The van der Waals surface area contributed by atoms with Gasteiger partial charge >= 0.3 is 0 Å². The normalized spacial score (nSPS) is 11.2. The smallest absolute Gasteiger partial charge is 0.0582 e. The van der Waals surface area contributed by atoms with Gasteiger partial charge in [0.05, 0.1) is 10.6 Å². The molecule has 3 heteroatoms. The summed E-state index contributed by atoms with van der Waals surface area (Å²) in [6.07, 6.45) is 3.40. The van der Waals surface area contributed by atoms with Crippen LogP contribution in [0.5, 0.6) is 0 Å². The van der Waals surface area contributed by atoms with E-state index in [1.54, 1.807) is 11.3 Å². The number of halogens is 1. The van der Waals surface area contributed by atoms with Crippen LogP contribution in [-0.4, -0.2) is 4.57 Å². The fraction of sp³-hybridized carbons (Fsp3) is 0.385. The van der Waals surface area contributed by atoms with E-state index in [0.29, 0.717) is 0 Å². The maximum atomic E-state index is 3.51. The highest BCUT2D eigenvalue weighted by Gasteiger charge is 2.06. The highest BCUT2D eigenvalue weighted by atomic mass is 79.9. The van der Waals surface area contributed by atoms with E-state index in [1.807, 2.05) is 0 Å². The molecule has 0 saturated heterocycles. The van der Waals surface area contributed by atoms with E-state index >= 15 is 0 Å². The van der Waals surface area contributed by atoms with Gasteiger partial charge in [0.2, 0.25) is 0 Å². The van der Waals surface area contributed by atoms with Gasteiger partial charge in [-0.15, -0.1) is 11.3 Å². The molecule has 0 fully saturated rings. The lowest BCUT2D eigenvalue weighted by Crippen LogP contribution is -2.01. The Labute approximate surface area is 109 Å². The molecule has 0 unspecified atom stereocenters. The molecule has 0 aliphatic heterocycles. The van der Waals surface area contributed by atoms with Gasteiger partial charge in [-0.05, 0) is 46.5 Å². The van der Waals surface area contributed by atoms with E-state index in [9.17, 15) is 0 Å². The first kappa shape index (κ1) is 11.9. The molecule has 16 heavy (non-hydrogen) atoms. The summed E-state index contributed by atoms with van der Waals surface area (Å²) in [7, 11) is 0. The summed E-state index contributed by atoms with van der Waals surface area (Å²) >= 11 is 5.29. The number of rotatable bonds is 4. The van der Waals surface area contributed by atoms with Crippen molar-refractivity contribution in [2.24, 2.45) is 5.92 Å². The number of hydrogen-bond acceptors (Lipinski definition) is 1. The fourth-order valence-corrected chi connectivity index (χ4v) is 3.15. The van der Waals surface area contributed by atoms with Gasteiger partial charge in [-0.2, -0.15) is 0 Å². The summed E-state index contributed by atoms with van der Waals surface area (Å²) in [5, 5.41) is 2.13. The Balaban J connectivity index is 2.19. The monoisotopic (exact) mass is 297 g/mol. The zero-order valence-corrected chi connectivity index (χ0v) is 12.0. The van der Waals surface area contributed by atoms with Crippen LogP contribution in [0, 0.1) is 5.92 Å². The molecular formula is C13H16BrNS. The van der Waals surface area contributed by atoms with Gasteiger partial charge in [-0.25, -0.2) is 0 Å². The van der Waals surface area contributed by atoms with Crippen LogP contribution >= 0.6 is 27.3 Å². The summed E-state index contributed by atoms with van der Waals surface area (Å²) in [6, 6.07) is 6.51. The van der Waals surface area contributed by atoms with Gasteiger partial charge in [-0.1, -0.05) is 13.8 Å². The quantitative estimate of drug-likeness (QED) is 0.746. The molecule has 0 amide bonds. The van der Waals surface area contributed by atoms with Crippen molar-refractivity contribution >= 4 is 27.3 Å². The van der Waals surface area contributed by atoms with E-state index < -0.39 is 0 Å². The number of nitrogens with zero attached hydrogens (tertiary/aromatic N) is 1. The molecule has 1 nitrogen and oxygen atoms in total. The first-order chi connectivity index (χ1) is 7.66. The highest BCUT2D eigenvalue weighted by molar-refractivity contribution is 9.10. The molecule has 2 rings (SSSR count). The second kappa shape index (κ2) is 5.19. The topological polar surface area (TPSA) is 4.93 Å². The zero-order chi connectivity index (χ0) is 11.5. The van der Waals surface area contributed by atoms with Crippen molar-refractivity contribution in [2.75, 3.05) is 0 Å². The number of aromatic nitrogens is 1. The van der Waals surface area contributed by atoms with Crippen LogP contribution in [-0.2, 0) is 6.54 Å². The van der Waals surface area contributed by atoms with Crippen LogP contribution in [0.15, 0.2) is 34.2 Å². The van der Waals surface area contributed by atoms with E-state index in [0.717, 1.165) is 12.5 Å². The van der Waals surface area contributed by atoms with Crippen LogP contribution in [0.2, 0.25) is 0 Å². The van der Waals surface area contributed by atoms with Crippen LogP contribution in [0.4, 0.5) is 0 Å². The van der Waals surface area contributed by atoms with Crippen molar-refractivity contribution in [1.29, 1.82) is 0 Å². The standard InChI is InChI=1S/C13H16BrNS/c1-10(2)5-7-15-6-3-4-12(15)13-8-11(14)9-16-13/h3-4,6,8-10H,5,7H2,1-2H3. The lowest BCUT2D eigenvalue weighted by atomic mass is 10.1. The first-order valence-corrected chi connectivity index (χ1v) is 7.23. The maximum Gasteiger partial charge on any atom is 0.0582 e. The Morgan fingerprint density at radius 1 is 1.44 bits per heavy atom. The van der Waals surface area contributed by atoms with Crippen LogP contribution in [0.3, 0.4) is 0 Å². The third-order valence-corrected chi connectivity index (χ3v) is 4.31. The van der Waals surface area contributed by atoms with E-state index in [-0.39, 0.29) is 0 Å². The number of thiophene rings is 1. The first-order valence-electron chi connectivity index (χ1n) is 5.56. The second-order valence-corrected chi connectivity index (χ2v) is 6.23. The molecule has 0 bridgehead atoms. The molecule has 2 aromatic heterocycles. The van der Waals surface area contributed by atoms with Gasteiger partial charge in [0.1, 0.15) is 0 Å². The van der Waals surface area contributed by atoms with Crippen molar-refractivity contribution in [3.8, 4) is 10.6 Å². The van der Waals surface area contributed by atoms with Gasteiger partial charge in [0, 0.05) is 22.6 Å². The fourth-order valence-electron chi connectivity index (χ4n) is 1.68. The summed E-state index contributed by atoms with van der Waals surface area (Å²) in [6.45, 7) is 5.64. The van der Waals surface area contributed by atoms with E-state index in [4.69, 9.17) is 0 Å². The van der Waals surface area contributed by atoms with Gasteiger partial charge in [-0.3, -0.25) is 0 Å². The summed E-state index contributed by atoms with van der Waals surface area (Å²) < 4.78 is 3.52. The molecule has 0 radical (unpaired) electrons. The highest BCUT2D eigenvalue weighted by Crippen LogP contribution is 2.30. The number of hydrogen-bond donors (Lipinski definition) is 0. The molecule has 2 heterocycles. The zero-order valence-electron chi connectivity index (χ0n) is 9.61. The number of aryl methyl sites for hydroxylation is 1. The molecule has 0 N–H and O–H groups in total. The molecule has 0 atom stereocenters. The third-order valence-electron chi connectivity index (χ3n) is 2.60. The molecule has 86 valence electrons. The SMILES string of the molecule is CC(C)CCn1cccc1-c1cc(Br)cs1. The third kappa shape index (κ3) is 2.77. The minimum absolute atomic E-state index is 0.755. The largest absolute Gasteiger partial charge is 0.347 e. The minimum atomic E-state index is 0.755. The minimum Gasteiger partial charge on any atom is -0.347 e. The van der Waals surface area contributed by atoms with Crippen molar-refractivity contribution < 1.29 is 0 Å². The molecule has 0 saturated carbocycles. The Morgan fingerprint density at radius 3 is 2.88 bits per heavy atom. The van der Waals surface area contributed by atoms with Crippen LogP contribution in [0.1, 0.15) is 20.3 Å². The summed E-state index contributed by atoms with van der Waals surface area (Å²) in [5.74, 6) is 0.755. The molecule has 0 spiro atoms. The lowest BCUT2D eigenvalue weighted by molar-refractivity contribution is 0.520. The summed E-state index contributed by atoms with van der Waals surface area (Å²) in [4.78, 5) is 1.33. The van der Waals surface area contributed by atoms with Gasteiger partial charge in [0.25, 0.3) is 0 Å².